The molecule has 2 unspecified atom stereocenters. The molecule has 2 saturated heterocycles. The van der Waals surface area contributed by atoms with Crippen LogP contribution in [-0.2, 0) is 11.3 Å². The summed E-state index contributed by atoms with van der Waals surface area (Å²) in [6.45, 7) is 0.389. The molecule has 2 fully saturated rings. The maximum absolute atomic E-state index is 12.3. The van der Waals surface area contributed by atoms with E-state index in [0.29, 0.717) is 6.54 Å². The lowest BCUT2D eigenvalue weighted by molar-refractivity contribution is -0.138. The first-order chi connectivity index (χ1) is 10.1. The molecule has 7 heteroatoms. The van der Waals surface area contributed by atoms with Gasteiger partial charge in [-0.1, -0.05) is 0 Å². The zero-order valence-electron chi connectivity index (χ0n) is 11.8. The van der Waals surface area contributed by atoms with E-state index in [4.69, 9.17) is 5.11 Å². The first-order valence-corrected chi connectivity index (χ1v) is 7.39. The van der Waals surface area contributed by atoms with Gasteiger partial charge >= 0.3 is 12.0 Å². The number of piperidine rings is 1. The SMILES string of the molecule is O=C(O)CC1CC2CCC(C1)N2C(=O)NCc1ncc[nH]1. The molecule has 0 spiro atoms. The number of fused-ring (bicyclic) bond motifs is 2. The van der Waals surface area contributed by atoms with Crippen LogP contribution in [0.15, 0.2) is 12.4 Å². The van der Waals surface area contributed by atoms with Crippen LogP contribution in [0.25, 0.3) is 0 Å². The van der Waals surface area contributed by atoms with Crippen molar-refractivity contribution in [2.24, 2.45) is 5.92 Å². The number of carboxylic acids is 1. The van der Waals surface area contributed by atoms with Gasteiger partial charge in [-0.3, -0.25) is 4.79 Å². The summed E-state index contributed by atoms with van der Waals surface area (Å²) in [5.74, 6) is 0.195. The summed E-state index contributed by atoms with van der Waals surface area (Å²) in [4.78, 5) is 32.1. The fraction of sp³-hybridized carbons (Fsp3) is 0.643. The standard InChI is InChI=1S/C14H20N4O3/c19-13(20)7-9-5-10-1-2-11(6-9)18(10)14(21)17-8-12-15-3-4-16-12/h3-4,9-11H,1-2,5-8H2,(H,15,16)(H,17,21)(H,19,20). The van der Waals surface area contributed by atoms with Crippen LogP contribution in [0.4, 0.5) is 4.79 Å². The lowest BCUT2D eigenvalue weighted by Crippen LogP contribution is -2.50. The molecule has 2 amide bonds. The zero-order valence-corrected chi connectivity index (χ0v) is 11.8. The van der Waals surface area contributed by atoms with Gasteiger partial charge in [-0.2, -0.15) is 0 Å². The van der Waals surface area contributed by atoms with E-state index >= 15 is 0 Å². The number of urea groups is 1. The van der Waals surface area contributed by atoms with Crippen LogP contribution in [0.3, 0.4) is 0 Å². The summed E-state index contributed by atoms with van der Waals surface area (Å²) in [6.07, 6.45) is 7.16. The van der Waals surface area contributed by atoms with Gasteiger partial charge in [0.05, 0.1) is 6.54 Å². The van der Waals surface area contributed by atoms with E-state index in [1.807, 2.05) is 4.90 Å². The molecule has 3 rings (SSSR count). The van der Waals surface area contributed by atoms with Gasteiger partial charge in [0.2, 0.25) is 0 Å². The third-order valence-corrected chi connectivity index (χ3v) is 4.49. The maximum Gasteiger partial charge on any atom is 0.318 e. The Balaban J connectivity index is 1.57. The number of aliphatic carboxylic acids is 1. The van der Waals surface area contributed by atoms with Crippen LogP contribution in [0.1, 0.15) is 37.9 Å². The second kappa shape index (κ2) is 5.75. The average molecular weight is 292 g/mol. The van der Waals surface area contributed by atoms with Crippen LogP contribution in [0.2, 0.25) is 0 Å². The molecule has 2 aliphatic rings. The Morgan fingerprint density at radius 2 is 2.10 bits per heavy atom. The van der Waals surface area contributed by atoms with Crippen molar-refractivity contribution in [1.29, 1.82) is 0 Å². The Kier molecular flexibility index (Phi) is 3.81. The van der Waals surface area contributed by atoms with Crippen molar-refractivity contribution in [2.75, 3.05) is 0 Å². The summed E-state index contributed by atoms with van der Waals surface area (Å²) >= 11 is 0. The molecule has 0 aliphatic carbocycles. The van der Waals surface area contributed by atoms with Crippen molar-refractivity contribution in [3.8, 4) is 0 Å². The summed E-state index contributed by atoms with van der Waals surface area (Å²) in [5.41, 5.74) is 0. The van der Waals surface area contributed by atoms with Gasteiger partial charge in [-0.25, -0.2) is 9.78 Å². The predicted octanol–water partition coefficient (Wildman–Crippen LogP) is 1.34. The van der Waals surface area contributed by atoms with E-state index < -0.39 is 5.97 Å². The van der Waals surface area contributed by atoms with Gasteiger partial charge in [-0.05, 0) is 31.6 Å². The smallest absolute Gasteiger partial charge is 0.318 e. The minimum atomic E-state index is -0.741. The topological polar surface area (TPSA) is 98.3 Å². The van der Waals surface area contributed by atoms with Crippen molar-refractivity contribution in [3.63, 3.8) is 0 Å². The number of nitrogens with one attached hydrogen (secondary N) is 2. The quantitative estimate of drug-likeness (QED) is 0.780. The van der Waals surface area contributed by atoms with Gasteiger partial charge in [0.1, 0.15) is 5.82 Å². The molecule has 114 valence electrons. The molecule has 2 aliphatic heterocycles. The van der Waals surface area contributed by atoms with E-state index in [1.54, 1.807) is 12.4 Å². The molecule has 2 bridgehead atoms. The van der Waals surface area contributed by atoms with E-state index in [2.05, 4.69) is 15.3 Å². The molecule has 3 N–H and O–H groups in total. The molecule has 7 nitrogen and oxygen atoms in total. The van der Waals surface area contributed by atoms with Crippen molar-refractivity contribution in [1.82, 2.24) is 20.2 Å². The van der Waals surface area contributed by atoms with Gasteiger partial charge in [0.25, 0.3) is 0 Å². The molecule has 1 aromatic rings. The molecule has 0 saturated carbocycles. The van der Waals surface area contributed by atoms with Gasteiger partial charge in [-0.15, -0.1) is 0 Å². The first kappa shape index (κ1) is 13.9. The lowest BCUT2D eigenvalue weighted by Gasteiger charge is -2.38. The number of rotatable bonds is 4. The highest BCUT2D eigenvalue weighted by Crippen LogP contribution is 2.39. The van der Waals surface area contributed by atoms with E-state index in [9.17, 15) is 9.59 Å². The molecular formula is C14H20N4O3. The zero-order chi connectivity index (χ0) is 14.8. The minimum absolute atomic E-state index is 0.0623. The highest BCUT2D eigenvalue weighted by atomic mass is 16.4. The van der Waals surface area contributed by atoms with Crippen LogP contribution in [-0.4, -0.2) is 44.1 Å². The van der Waals surface area contributed by atoms with Crippen molar-refractivity contribution < 1.29 is 14.7 Å². The predicted molar refractivity (Wildman–Crippen MR) is 74.4 cm³/mol. The number of amides is 2. The highest BCUT2D eigenvalue weighted by molar-refractivity contribution is 5.75. The monoisotopic (exact) mass is 292 g/mol. The van der Waals surface area contributed by atoms with E-state index in [0.717, 1.165) is 31.5 Å². The average Bonchev–Trinajstić information content (AvgIpc) is 3.02. The van der Waals surface area contributed by atoms with Crippen LogP contribution in [0, 0.1) is 5.92 Å². The van der Waals surface area contributed by atoms with Gasteiger partial charge in [0.15, 0.2) is 0 Å². The maximum atomic E-state index is 12.3. The largest absolute Gasteiger partial charge is 0.481 e. The Hall–Kier alpha value is -2.05. The lowest BCUT2D eigenvalue weighted by atomic mass is 9.88. The summed E-state index contributed by atoms with van der Waals surface area (Å²) in [5, 5.41) is 11.8. The Labute approximate surface area is 122 Å². The number of aromatic nitrogens is 2. The number of carbonyl (C=O) groups excluding carboxylic acids is 1. The molecule has 0 radical (unpaired) electrons. The van der Waals surface area contributed by atoms with Crippen LogP contribution < -0.4 is 5.32 Å². The normalized spacial score (nSPS) is 27.6. The van der Waals surface area contributed by atoms with Gasteiger partial charge < -0.3 is 20.3 Å². The fourth-order valence-corrected chi connectivity index (χ4v) is 3.68. The number of H-pyrrole nitrogens is 1. The third kappa shape index (κ3) is 3.01. The first-order valence-electron chi connectivity index (χ1n) is 7.39. The molecule has 21 heavy (non-hydrogen) atoms. The highest BCUT2D eigenvalue weighted by Gasteiger charge is 2.43. The Morgan fingerprint density at radius 3 is 2.67 bits per heavy atom. The summed E-state index contributed by atoms with van der Waals surface area (Å²) < 4.78 is 0. The third-order valence-electron chi connectivity index (χ3n) is 4.49. The van der Waals surface area contributed by atoms with E-state index in [-0.39, 0.29) is 30.5 Å². The van der Waals surface area contributed by atoms with Crippen LogP contribution >= 0.6 is 0 Å². The summed E-state index contributed by atoms with van der Waals surface area (Å²) in [7, 11) is 0. The van der Waals surface area contributed by atoms with Gasteiger partial charge in [0, 0.05) is 30.9 Å². The number of hydrogen-bond acceptors (Lipinski definition) is 3. The fourth-order valence-electron chi connectivity index (χ4n) is 3.68. The molecule has 2 atom stereocenters. The number of carboxylic acid groups (broad SMARTS) is 1. The van der Waals surface area contributed by atoms with Crippen LogP contribution in [0.5, 0.6) is 0 Å². The molecule has 0 aromatic carbocycles. The van der Waals surface area contributed by atoms with Crippen molar-refractivity contribution in [3.05, 3.63) is 18.2 Å². The molecular weight excluding hydrogens is 272 g/mol. The van der Waals surface area contributed by atoms with Crippen molar-refractivity contribution in [2.45, 2.75) is 50.7 Å². The number of nitrogens with zero attached hydrogens (tertiary/aromatic N) is 2. The minimum Gasteiger partial charge on any atom is -0.481 e. The number of carbonyl (C=O) groups is 2. The number of hydrogen-bond donors (Lipinski definition) is 3. The molecule has 3 heterocycles. The number of aromatic amines is 1. The second-order valence-corrected chi connectivity index (χ2v) is 5.92. The Bertz CT molecular complexity index is 502. The molecule has 1 aromatic heterocycles. The van der Waals surface area contributed by atoms with Crippen molar-refractivity contribution >= 4 is 12.0 Å². The second-order valence-electron chi connectivity index (χ2n) is 5.92. The van der Waals surface area contributed by atoms with E-state index in [1.165, 1.54) is 0 Å². The summed E-state index contributed by atoms with van der Waals surface area (Å²) in [6, 6.07) is 0.307. The number of imidazole rings is 1. The Morgan fingerprint density at radius 1 is 1.38 bits per heavy atom.